The van der Waals surface area contributed by atoms with Gasteiger partial charge in [0.2, 0.25) is 0 Å². The quantitative estimate of drug-likeness (QED) is 0.688. The van der Waals surface area contributed by atoms with E-state index in [0.717, 1.165) is 11.3 Å². The standard InChI is InChI=1S/C16H11N5/c17-10-14(16-3-1-2-8-19-16)9-13-4-6-15(7-5-13)21-12-18-11-20-21/h1-9,11-12H. The molecule has 2 aromatic heterocycles. The highest BCUT2D eigenvalue weighted by atomic mass is 15.3. The lowest BCUT2D eigenvalue weighted by molar-refractivity contribution is 0.879. The normalized spacial score (nSPS) is 11.1. The van der Waals surface area contributed by atoms with Crippen LogP contribution in [0, 0.1) is 11.3 Å². The third-order valence-electron chi connectivity index (χ3n) is 2.95. The number of rotatable bonds is 3. The van der Waals surface area contributed by atoms with Gasteiger partial charge in [-0.1, -0.05) is 18.2 Å². The first-order valence-corrected chi connectivity index (χ1v) is 6.35. The Hall–Kier alpha value is -3.26. The van der Waals surface area contributed by atoms with Gasteiger partial charge in [-0.05, 0) is 35.9 Å². The van der Waals surface area contributed by atoms with E-state index in [9.17, 15) is 5.26 Å². The molecule has 2 heterocycles. The fourth-order valence-electron chi connectivity index (χ4n) is 1.92. The fourth-order valence-corrected chi connectivity index (χ4v) is 1.92. The largest absolute Gasteiger partial charge is 0.256 e. The Kier molecular flexibility index (Phi) is 3.52. The van der Waals surface area contributed by atoms with Crippen molar-refractivity contribution in [2.24, 2.45) is 0 Å². The Balaban J connectivity index is 1.91. The molecule has 3 rings (SSSR count). The van der Waals surface area contributed by atoms with E-state index < -0.39 is 0 Å². The minimum Gasteiger partial charge on any atom is -0.256 e. The van der Waals surface area contributed by atoms with E-state index in [4.69, 9.17) is 0 Å². The maximum absolute atomic E-state index is 9.26. The van der Waals surface area contributed by atoms with E-state index in [1.807, 2.05) is 48.5 Å². The van der Waals surface area contributed by atoms with Crippen molar-refractivity contribution in [3.63, 3.8) is 0 Å². The smallest absolute Gasteiger partial charge is 0.138 e. The number of pyridine rings is 1. The van der Waals surface area contributed by atoms with Gasteiger partial charge >= 0.3 is 0 Å². The van der Waals surface area contributed by atoms with Gasteiger partial charge in [0.25, 0.3) is 0 Å². The van der Waals surface area contributed by atoms with Gasteiger partial charge in [0.15, 0.2) is 0 Å². The van der Waals surface area contributed by atoms with Crippen LogP contribution in [0.3, 0.4) is 0 Å². The molecular weight excluding hydrogens is 262 g/mol. The number of hydrogen-bond acceptors (Lipinski definition) is 4. The van der Waals surface area contributed by atoms with Crippen molar-refractivity contribution in [3.05, 3.63) is 72.6 Å². The lowest BCUT2D eigenvalue weighted by Crippen LogP contribution is -1.93. The molecule has 0 aliphatic rings. The third-order valence-corrected chi connectivity index (χ3v) is 2.95. The number of hydrogen-bond donors (Lipinski definition) is 0. The van der Waals surface area contributed by atoms with Crippen molar-refractivity contribution < 1.29 is 0 Å². The SMILES string of the molecule is N#CC(=Cc1ccc(-n2cncn2)cc1)c1ccccn1. The lowest BCUT2D eigenvalue weighted by Gasteiger charge is -2.02. The number of nitriles is 1. The summed E-state index contributed by atoms with van der Waals surface area (Å²) < 4.78 is 1.68. The molecule has 0 bridgehead atoms. The molecular formula is C16H11N5. The van der Waals surface area contributed by atoms with Crippen LogP contribution in [0.4, 0.5) is 0 Å². The van der Waals surface area contributed by atoms with E-state index in [1.165, 1.54) is 6.33 Å². The second-order valence-electron chi connectivity index (χ2n) is 4.32. The van der Waals surface area contributed by atoms with E-state index in [-0.39, 0.29) is 0 Å². The predicted molar refractivity (Wildman–Crippen MR) is 79.1 cm³/mol. The number of nitrogens with zero attached hydrogens (tertiary/aromatic N) is 5. The summed E-state index contributed by atoms with van der Waals surface area (Å²) in [6.45, 7) is 0. The highest BCUT2D eigenvalue weighted by Gasteiger charge is 2.02. The Morgan fingerprint density at radius 3 is 2.62 bits per heavy atom. The molecule has 0 saturated carbocycles. The molecule has 1 aromatic carbocycles. The fraction of sp³-hybridized carbons (Fsp3) is 0. The second kappa shape index (κ2) is 5.80. The molecule has 0 atom stereocenters. The van der Waals surface area contributed by atoms with E-state index >= 15 is 0 Å². The van der Waals surface area contributed by atoms with Gasteiger partial charge in [-0.3, -0.25) is 4.98 Å². The molecule has 0 amide bonds. The van der Waals surface area contributed by atoms with Gasteiger partial charge in [0.1, 0.15) is 18.7 Å². The first-order chi connectivity index (χ1) is 10.4. The Morgan fingerprint density at radius 1 is 1.14 bits per heavy atom. The summed E-state index contributed by atoms with van der Waals surface area (Å²) in [5.74, 6) is 0. The number of aromatic nitrogens is 4. The third kappa shape index (κ3) is 2.85. The Morgan fingerprint density at radius 2 is 2.00 bits per heavy atom. The van der Waals surface area contributed by atoms with Gasteiger partial charge in [0.05, 0.1) is 17.0 Å². The van der Waals surface area contributed by atoms with Gasteiger partial charge in [-0.2, -0.15) is 10.4 Å². The maximum Gasteiger partial charge on any atom is 0.138 e. The van der Waals surface area contributed by atoms with Gasteiger partial charge in [0, 0.05) is 6.20 Å². The summed E-state index contributed by atoms with van der Waals surface area (Å²) in [6, 6.07) is 15.4. The molecule has 0 fully saturated rings. The molecule has 5 heteroatoms. The molecule has 0 spiro atoms. The van der Waals surface area contributed by atoms with Gasteiger partial charge in [-0.15, -0.1) is 0 Å². The molecule has 21 heavy (non-hydrogen) atoms. The number of allylic oxidation sites excluding steroid dienone is 1. The molecule has 0 aliphatic carbocycles. The minimum absolute atomic E-state index is 0.532. The van der Waals surface area contributed by atoms with Crippen molar-refractivity contribution in [2.45, 2.75) is 0 Å². The average molecular weight is 273 g/mol. The molecule has 100 valence electrons. The van der Waals surface area contributed by atoms with Crippen LogP contribution < -0.4 is 0 Å². The minimum atomic E-state index is 0.532. The van der Waals surface area contributed by atoms with Crippen molar-refractivity contribution >= 4 is 11.6 Å². The van der Waals surface area contributed by atoms with Crippen LogP contribution in [-0.2, 0) is 0 Å². The van der Waals surface area contributed by atoms with Crippen LogP contribution in [0.25, 0.3) is 17.3 Å². The lowest BCUT2D eigenvalue weighted by atomic mass is 10.1. The Bertz CT molecular complexity index is 781. The molecule has 5 nitrogen and oxygen atoms in total. The molecule has 0 unspecified atom stereocenters. The summed E-state index contributed by atoms with van der Waals surface area (Å²) in [4.78, 5) is 8.10. The van der Waals surface area contributed by atoms with E-state index in [2.05, 4.69) is 21.1 Å². The van der Waals surface area contributed by atoms with Crippen molar-refractivity contribution in [1.82, 2.24) is 19.7 Å². The molecule has 0 saturated heterocycles. The number of benzene rings is 1. The molecule has 0 radical (unpaired) electrons. The van der Waals surface area contributed by atoms with Gasteiger partial charge in [-0.25, -0.2) is 9.67 Å². The second-order valence-corrected chi connectivity index (χ2v) is 4.32. The molecule has 0 N–H and O–H groups in total. The topological polar surface area (TPSA) is 67.4 Å². The summed E-state index contributed by atoms with van der Waals surface area (Å²) in [5.41, 5.74) is 3.05. The first kappa shape index (κ1) is 12.8. The predicted octanol–water partition coefficient (Wildman–Crippen LogP) is 2.73. The first-order valence-electron chi connectivity index (χ1n) is 6.35. The summed E-state index contributed by atoms with van der Waals surface area (Å²) in [7, 11) is 0. The zero-order chi connectivity index (χ0) is 14.5. The zero-order valence-electron chi connectivity index (χ0n) is 11.1. The zero-order valence-corrected chi connectivity index (χ0v) is 11.1. The van der Waals surface area contributed by atoms with Crippen molar-refractivity contribution in [2.75, 3.05) is 0 Å². The van der Waals surface area contributed by atoms with Crippen molar-refractivity contribution in [1.29, 1.82) is 5.26 Å². The van der Waals surface area contributed by atoms with Gasteiger partial charge < -0.3 is 0 Å². The summed E-state index contributed by atoms with van der Waals surface area (Å²) in [6.07, 6.45) is 6.61. The Labute approximate surface area is 121 Å². The summed E-state index contributed by atoms with van der Waals surface area (Å²) in [5, 5.41) is 13.3. The van der Waals surface area contributed by atoms with Crippen LogP contribution in [-0.4, -0.2) is 19.7 Å². The van der Waals surface area contributed by atoms with Crippen LogP contribution in [0.2, 0.25) is 0 Å². The average Bonchev–Trinajstić information content (AvgIpc) is 3.08. The highest BCUT2D eigenvalue weighted by Crippen LogP contribution is 2.16. The monoisotopic (exact) mass is 273 g/mol. The molecule has 3 aromatic rings. The van der Waals surface area contributed by atoms with Crippen LogP contribution in [0.1, 0.15) is 11.3 Å². The van der Waals surface area contributed by atoms with Crippen molar-refractivity contribution in [3.8, 4) is 11.8 Å². The van der Waals surface area contributed by atoms with E-state index in [0.29, 0.717) is 11.3 Å². The highest BCUT2D eigenvalue weighted by molar-refractivity contribution is 5.88. The van der Waals surface area contributed by atoms with Crippen LogP contribution in [0.5, 0.6) is 0 Å². The molecule has 0 aliphatic heterocycles. The summed E-state index contributed by atoms with van der Waals surface area (Å²) >= 11 is 0. The maximum atomic E-state index is 9.26. The van der Waals surface area contributed by atoms with E-state index in [1.54, 1.807) is 17.2 Å². The van der Waals surface area contributed by atoms with Crippen LogP contribution in [0.15, 0.2) is 61.3 Å². The van der Waals surface area contributed by atoms with Crippen LogP contribution >= 0.6 is 0 Å².